The lowest BCUT2D eigenvalue weighted by atomic mass is 10.2. The number of hydrogen-bond donors (Lipinski definition) is 3. The highest BCUT2D eigenvalue weighted by molar-refractivity contribution is 6.31. The van der Waals surface area contributed by atoms with E-state index in [2.05, 4.69) is 10.6 Å². The predicted molar refractivity (Wildman–Crippen MR) is 88.6 cm³/mol. The van der Waals surface area contributed by atoms with Crippen molar-refractivity contribution in [2.75, 3.05) is 17.2 Å². The van der Waals surface area contributed by atoms with E-state index in [1.54, 1.807) is 18.2 Å². The molecule has 0 aliphatic carbocycles. The average Bonchev–Trinajstić information content (AvgIpc) is 2.90. The van der Waals surface area contributed by atoms with Crippen molar-refractivity contribution in [1.29, 1.82) is 0 Å². The van der Waals surface area contributed by atoms with Gasteiger partial charge in [-0.05, 0) is 31.0 Å². The summed E-state index contributed by atoms with van der Waals surface area (Å²) in [5, 5.41) is 5.85. The maximum atomic E-state index is 12.2. The van der Waals surface area contributed by atoms with Crippen LogP contribution in [0.25, 0.3) is 0 Å². The van der Waals surface area contributed by atoms with Crippen LogP contribution in [0.3, 0.4) is 0 Å². The summed E-state index contributed by atoms with van der Waals surface area (Å²) >= 11 is 5.93. The number of amides is 2. The molecular weight excluding hydrogens is 329 g/mol. The number of ether oxygens (including phenoxy) is 1. The molecule has 2 rings (SSSR count). The lowest BCUT2D eigenvalue weighted by Gasteiger charge is -2.15. The second-order valence-corrected chi connectivity index (χ2v) is 5.36. The van der Waals surface area contributed by atoms with E-state index in [1.807, 2.05) is 0 Å². The third-order valence-electron chi connectivity index (χ3n) is 3.21. The van der Waals surface area contributed by atoms with E-state index in [1.165, 1.54) is 6.92 Å². The van der Waals surface area contributed by atoms with Crippen molar-refractivity contribution in [1.82, 2.24) is 0 Å². The van der Waals surface area contributed by atoms with Crippen molar-refractivity contribution in [3.05, 3.63) is 23.2 Å². The zero-order valence-corrected chi connectivity index (χ0v) is 13.7. The molecule has 2 amide bonds. The summed E-state index contributed by atoms with van der Waals surface area (Å²) in [5.41, 5.74) is 6.47. The minimum atomic E-state index is -0.525. The normalized spacial score (nSPS) is 20.1. The van der Waals surface area contributed by atoms with Gasteiger partial charge in [-0.15, -0.1) is 12.4 Å². The predicted octanol–water partition coefficient (Wildman–Crippen LogP) is 2.16. The summed E-state index contributed by atoms with van der Waals surface area (Å²) in [5.74, 6) is -0.493. The van der Waals surface area contributed by atoms with Crippen LogP contribution < -0.4 is 16.4 Å². The highest BCUT2D eigenvalue weighted by atomic mass is 35.5. The van der Waals surface area contributed by atoms with Gasteiger partial charge in [-0.3, -0.25) is 9.59 Å². The second kappa shape index (κ2) is 8.33. The molecule has 1 aromatic carbocycles. The Morgan fingerprint density at radius 2 is 2.05 bits per heavy atom. The quantitative estimate of drug-likeness (QED) is 0.777. The smallest absolute Gasteiger partial charge is 0.253 e. The molecule has 1 heterocycles. The van der Waals surface area contributed by atoms with Gasteiger partial charge < -0.3 is 21.1 Å². The van der Waals surface area contributed by atoms with E-state index in [0.29, 0.717) is 29.4 Å². The zero-order chi connectivity index (χ0) is 15.4. The standard InChI is InChI=1S/C14H18ClN3O3.ClH/c1-8(19)17-11-4-2-9(15)6-12(11)18-14(20)13-5-3-10(7-16)21-13;/h2,4,6,10,13H,3,5,7,16H2,1H3,(H,17,19)(H,18,20);1H/t10-,13+;/m1./s1. The Bertz CT molecular complexity index is 554. The Kier molecular flexibility index (Phi) is 7.09. The van der Waals surface area contributed by atoms with E-state index in [9.17, 15) is 9.59 Å². The van der Waals surface area contributed by atoms with Gasteiger partial charge in [0.15, 0.2) is 0 Å². The van der Waals surface area contributed by atoms with Crippen LogP contribution in [-0.2, 0) is 14.3 Å². The van der Waals surface area contributed by atoms with Gasteiger partial charge in [0.25, 0.3) is 5.91 Å². The first kappa shape index (κ1) is 18.7. The lowest BCUT2D eigenvalue weighted by Crippen LogP contribution is -2.30. The molecule has 1 aliphatic heterocycles. The van der Waals surface area contributed by atoms with Crippen molar-refractivity contribution in [3.8, 4) is 0 Å². The molecule has 0 spiro atoms. The van der Waals surface area contributed by atoms with E-state index < -0.39 is 6.10 Å². The number of anilines is 2. The van der Waals surface area contributed by atoms with E-state index in [-0.39, 0.29) is 30.3 Å². The first-order chi connectivity index (χ1) is 9.99. The Morgan fingerprint density at radius 1 is 1.32 bits per heavy atom. The molecule has 0 saturated carbocycles. The van der Waals surface area contributed by atoms with E-state index >= 15 is 0 Å². The van der Waals surface area contributed by atoms with Gasteiger partial charge in [0.05, 0.1) is 17.5 Å². The number of nitrogens with two attached hydrogens (primary N) is 1. The lowest BCUT2D eigenvalue weighted by molar-refractivity contribution is -0.126. The maximum absolute atomic E-state index is 12.2. The Hall–Kier alpha value is -1.34. The molecule has 0 radical (unpaired) electrons. The molecule has 0 aromatic heterocycles. The Morgan fingerprint density at radius 3 is 2.64 bits per heavy atom. The summed E-state index contributed by atoms with van der Waals surface area (Å²) in [6.07, 6.45) is 0.796. The van der Waals surface area contributed by atoms with Gasteiger partial charge in [-0.2, -0.15) is 0 Å². The molecule has 8 heteroatoms. The number of benzene rings is 1. The fraction of sp³-hybridized carbons (Fsp3) is 0.429. The van der Waals surface area contributed by atoms with Gasteiger partial charge in [-0.25, -0.2) is 0 Å². The van der Waals surface area contributed by atoms with Crippen LogP contribution in [0.1, 0.15) is 19.8 Å². The SMILES string of the molecule is CC(=O)Nc1ccc(Cl)cc1NC(=O)[C@@H]1CC[C@H](CN)O1.Cl. The summed E-state index contributed by atoms with van der Waals surface area (Å²) in [6.45, 7) is 1.80. The fourth-order valence-corrected chi connectivity index (χ4v) is 2.38. The molecule has 6 nitrogen and oxygen atoms in total. The highest BCUT2D eigenvalue weighted by Crippen LogP contribution is 2.27. The van der Waals surface area contributed by atoms with Crippen LogP contribution in [0, 0.1) is 0 Å². The van der Waals surface area contributed by atoms with Gasteiger partial charge in [0.1, 0.15) is 6.10 Å². The van der Waals surface area contributed by atoms with Crippen LogP contribution in [0.4, 0.5) is 11.4 Å². The number of carbonyl (C=O) groups excluding carboxylic acids is 2. The molecule has 1 aliphatic rings. The minimum absolute atomic E-state index is 0. The third-order valence-corrected chi connectivity index (χ3v) is 3.45. The number of carbonyl (C=O) groups is 2. The largest absolute Gasteiger partial charge is 0.364 e. The molecule has 0 bridgehead atoms. The molecule has 122 valence electrons. The fourth-order valence-electron chi connectivity index (χ4n) is 2.20. The highest BCUT2D eigenvalue weighted by Gasteiger charge is 2.30. The molecule has 22 heavy (non-hydrogen) atoms. The van der Waals surface area contributed by atoms with Crippen LogP contribution in [0.15, 0.2) is 18.2 Å². The van der Waals surface area contributed by atoms with Crippen LogP contribution in [-0.4, -0.2) is 30.6 Å². The van der Waals surface area contributed by atoms with Gasteiger partial charge in [-0.1, -0.05) is 11.6 Å². The topological polar surface area (TPSA) is 93.5 Å². The van der Waals surface area contributed by atoms with Crippen LogP contribution >= 0.6 is 24.0 Å². The third kappa shape index (κ3) is 4.84. The molecule has 4 N–H and O–H groups in total. The van der Waals surface area contributed by atoms with Crippen molar-refractivity contribution >= 4 is 47.2 Å². The second-order valence-electron chi connectivity index (χ2n) is 4.92. The van der Waals surface area contributed by atoms with Crippen molar-refractivity contribution in [2.24, 2.45) is 5.73 Å². The van der Waals surface area contributed by atoms with Gasteiger partial charge in [0, 0.05) is 18.5 Å². The van der Waals surface area contributed by atoms with E-state index in [4.69, 9.17) is 22.1 Å². The molecular formula is C14H19Cl2N3O3. The van der Waals surface area contributed by atoms with Crippen molar-refractivity contribution in [3.63, 3.8) is 0 Å². The van der Waals surface area contributed by atoms with Crippen LogP contribution in [0.2, 0.25) is 5.02 Å². The summed E-state index contributed by atoms with van der Waals surface area (Å²) < 4.78 is 5.54. The van der Waals surface area contributed by atoms with Crippen molar-refractivity contribution in [2.45, 2.75) is 32.0 Å². The summed E-state index contributed by atoms with van der Waals surface area (Å²) in [7, 11) is 0. The monoisotopic (exact) mass is 347 g/mol. The van der Waals surface area contributed by atoms with Crippen molar-refractivity contribution < 1.29 is 14.3 Å². The first-order valence-corrected chi connectivity index (χ1v) is 7.11. The van der Waals surface area contributed by atoms with E-state index in [0.717, 1.165) is 6.42 Å². The first-order valence-electron chi connectivity index (χ1n) is 6.73. The molecule has 1 saturated heterocycles. The molecule has 2 atom stereocenters. The number of hydrogen-bond acceptors (Lipinski definition) is 4. The molecule has 1 aromatic rings. The Labute approximate surface area is 140 Å². The summed E-state index contributed by atoms with van der Waals surface area (Å²) in [4.78, 5) is 23.4. The minimum Gasteiger partial charge on any atom is -0.364 e. The average molecular weight is 348 g/mol. The molecule has 1 fully saturated rings. The van der Waals surface area contributed by atoms with Crippen LogP contribution in [0.5, 0.6) is 0 Å². The Balaban J connectivity index is 0.00000242. The molecule has 0 unspecified atom stereocenters. The number of nitrogens with one attached hydrogen (secondary N) is 2. The summed E-state index contributed by atoms with van der Waals surface area (Å²) in [6, 6.07) is 4.86. The number of rotatable bonds is 4. The van der Waals surface area contributed by atoms with Gasteiger partial charge >= 0.3 is 0 Å². The van der Waals surface area contributed by atoms with Gasteiger partial charge in [0.2, 0.25) is 5.91 Å². The zero-order valence-electron chi connectivity index (χ0n) is 12.1. The maximum Gasteiger partial charge on any atom is 0.253 e. The number of halogens is 2.